The average Bonchev–Trinajstić information content (AvgIpc) is 3.24. The summed E-state index contributed by atoms with van der Waals surface area (Å²) in [4.78, 5) is 62.8. The van der Waals surface area contributed by atoms with Gasteiger partial charge in [-0.25, -0.2) is 4.79 Å². The molecule has 0 saturated carbocycles. The van der Waals surface area contributed by atoms with Crippen molar-refractivity contribution in [3.05, 3.63) is 59.7 Å². The number of ketones is 2. The number of fused-ring (bicyclic) bond motifs is 3. The minimum absolute atomic E-state index is 0.0786. The van der Waals surface area contributed by atoms with E-state index in [1.54, 1.807) is 41.5 Å². The highest BCUT2D eigenvalue weighted by Gasteiger charge is 2.30. The van der Waals surface area contributed by atoms with Crippen LogP contribution in [0.1, 0.15) is 78.4 Å². The Bertz CT molecular complexity index is 1280. The third-order valence-electron chi connectivity index (χ3n) is 7.27. The quantitative estimate of drug-likeness (QED) is 0.341. The molecule has 9 nitrogen and oxygen atoms in total. The number of carbonyl (C=O) groups is 5. The van der Waals surface area contributed by atoms with Crippen LogP contribution in [-0.4, -0.2) is 53.8 Å². The van der Waals surface area contributed by atoms with Crippen molar-refractivity contribution in [3.8, 4) is 11.1 Å². The molecule has 0 fully saturated rings. The molecule has 4 atom stereocenters. The highest BCUT2D eigenvalue weighted by atomic mass is 16.6. The van der Waals surface area contributed by atoms with Gasteiger partial charge in [-0.2, -0.15) is 0 Å². The summed E-state index contributed by atoms with van der Waals surface area (Å²) in [5.74, 6) is -3.10. The molecule has 226 valence electrons. The number of nitrogens with one attached hydrogen (secondary N) is 2. The number of esters is 1. The molecule has 42 heavy (non-hydrogen) atoms. The molecular formula is C33H42N2O7. The second kappa shape index (κ2) is 13.8. The summed E-state index contributed by atoms with van der Waals surface area (Å²) in [6, 6.07) is 14.3. The summed E-state index contributed by atoms with van der Waals surface area (Å²) in [5, 5.41) is 5.18. The van der Waals surface area contributed by atoms with Gasteiger partial charge in [-0.15, -0.1) is 0 Å². The highest BCUT2D eigenvalue weighted by Crippen LogP contribution is 2.44. The first-order valence-corrected chi connectivity index (χ1v) is 14.4. The van der Waals surface area contributed by atoms with E-state index in [1.807, 2.05) is 48.5 Å². The number of Topliss-reactive ketones (excluding diaryl/α,β-unsaturated/α-hetero) is 2. The van der Waals surface area contributed by atoms with Crippen LogP contribution in [0.5, 0.6) is 0 Å². The number of amides is 2. The van der Waals surface area contributed by atoms with Crippen LogP contribution in [0.4, 0.5) is 4.79 Å². The predicted octanol–water partition coefficient (Wildman–Crippen LogP) is 4.95. The minimum Gasteiger partial charge on any atom is -0.460 e. The Balaban J connectivity index is 1.44. The molecule has 0 aromatic heterocycles. The Morgan fingerprint density at radius 3 is 1.74 bits per heavy atom. The van der Waals surface area contributed by atoms with Gasteiger partial charge < -0.3 is 20.1 Å². The fourth-order valence-electron chi connectivity index (χ4n) is 4.87. The molecule has 2 amide bonds. The molecular weight excluding hydrogens is 536 g/mol. The smallest absolute Gasteiger partial charge is 0.407 e. The molecule has 0 heterocycles. The Hall–Kier alpha value is -4.01. The van der Waals surface area contributed by atoms with E-state index in [-0.39, 0.29) is 36.9 Å². The van der Waals surface area contributed by atoms with Gasteiger partial charge in [0.15, 0.2) is 11.6 Å². The van der Waals surface area contributed by atoms with Crippen molar-refractivity contribution < 1.29 is 33.4 Å². The largest absolute Gasteiger partial charge is 0.460 e. The van der Waals surface area contributed by atoms with Gasteiger partial charge in [-0.1, -0.05) is 62.4 Å². The second-order valence-electron chi connectivity index (χ2n) is 12.1. The van der Waals surface area contributed by atoms with E-state index in [2.05, 4.69) is 10.6 Å². The Morgan fingerprint density at radius 2 is 1.21 bits per heavy atom. The summed E-state index contributed by atoms with van der Waals surface area (Å²) in [6.45, 7) is 11.6. The van der Waals surface area contributed by atoms with Gasteiger partial charge in [0.2, 0.25) is 5.91 Å². The molecule has 2 N–H and O–H groups in total. The van der Waals surface area contributed by atoms with Crippen LogP contribution in [-0.2, 0) is 28.7 Å². The van der Waals surface area contributed by atoms with Crippen LogP contribution < -0.4 is 10.6 Å². The van der Waals surface area contributed by atoms with Gasteiger partial charge in [-0.3, -0.25) is 19.2 Å². The minimum atomic E-state index is -0.871. The lowest BCUT2D eigenvalue weighted by Crippen LogP contribution is -2.44. The second-order valence-corrected chi connectivity index (χ2v) is 12.1. The summed E-state index contributed by atoms with van der Waals surface area (Å²) >= 11 is 0. The Morgan fingerprint density at radius 1 is 0.738 bits per heavy atom. The lowest BCUT2D eigenvalue weighted by Gasteiger charge is -2.23. The first-order chi connectivity index (χ1) is 19.7. The summed E-state index contributed by atoms with van der Waals surface area (Å²) in [7, 11) is 0. The van der Waals surface area contributed by atoms with Gasteiger partial charge >= 0.3 is 12.1 Å². The topological polar surface area (TPSA) is 128 Å². The summed E-state index contributed by atoms with van der Waals surface area (Å²) < 4.78 is 10.8. The lowest BCUT2D eigenvalue weighted by molar-refractivity contribution is -0.160. The number of hydrogen-bond donors (Lipinski definition) is 2. The third kappa shape index (κ3) is 8.50. The molecule has 1 aliphatic carbocycles. The molecule has 0 saturated heterocycles. The van der Waals surface area contributed by atoms with E-state index >= 15 is 0 Å². The van der Waals surface area contributed by atoms with E-state index in [0.717, 1.165) is 22.3 Å². The van der Waals surface area contributed by atoms with Gasteiger partial charge in [0.25, 0.3) is 0 Å². The zero-order valence-corrected chi connectivity index (χ0v) is 25.5. The lowest BCUT2D eigenvalue weighted by atomic mass is 9.98. The maximum atomic E-state index is 12.8. The number of alkyl carbamates (subject to hydrolysis) is 1. The molecule has 9 heteroatoms. The Labute approximate surface area is 247 Å². The molecule has 0 spiro atoms. The number of carbonyl (C=O) groups excluding carboxylic acids is 5. The van der Waals surface area contributed by atoms with Crippen LogP contribution in [0, 0.1) is 11.8 Å². The van der Waals surface area contributed by atoms with Crippen molar-refractivity contribution in [1.29, 1.82) is 0 Å². The average molecular weight is 579 g/mol. The van der Waals surface area contributed by atoms with Crippen LogP contribution >= 0.6 is 0 Å². The summed E-state index contributed by atoms with van der Waals surface area (Å²) in [5.41, 5.74) is 3.75. The zero-order chi connectivity index (χ0) is 31.2. The van der Waals surface area contributed by atoms with Gasteiger partial charge in [0.1, 0.15) is 12.2 Å². The molecule has 0 aliphatic heterocycles. The van der Waals surface area contributed by atoms with Crippen molar-refractivity contribution in [1.82, 2.24) is 10.6 Å². The molecule has 4 unspecified atom stereocenters. The number of benzene rings is 2. The van der Waals surface area contributed by atoms with Gasteiger partial charge in [0.05, 0.1) is 18.0 Å². The van der Waals surface area contributed by atoms with Crippen molar-refractivity contribution in [2.75, 3.05) is 6.61 Å². The molecule has 0 radical (unpaired) electrons. The van der Waals surface area contributed by atoms with E-state index in [0.29, 0.717) is 0 Å². The van der Waals surface area contributed by atoms with Crippen LogP contribution in [0.3, 0.4) is 0 Å². The maximum Gasteiger partial charge on any atom is 0.407 e. The van der Waals surface area contributed by atoms with Crippen molar-refractivity contribution in [2.24, 2.45) is 11.8 Å². The van der Waals surface area contributed by atoms with E-state index < -0.39 is 47.5 Å². The van der Waals surface area contributed by atoms with Crippen LogP contribution in [0.25, 0.3) is 11.1 Å². The number of rotatable bonds is 12. The summed E-state index contributed by atoms with van der Waals surface area (Å²) in [6.07, 6.45) is -0.926. The molecule has 3 rings (SSSR count). The highest BCUT2D eigenvalue weighted by molar-refractivity contribution is 5.94. The predicted molar refractivity (Wildman–Crippen MR) is 159 cm³/mol. The zero-order valence-electron chi connectivity index (χ0n) is 25.5. The number of hydrogen-bond acceptors (Lipinski definition) is 7. The van der Waals surface area contributed by atoms with Gasteiger partial charge in [0, 0.05) is 24.7 Å². The third-order valence-corrected chi connectivity index (χ3v) is 7.27. The van der Waals surface area contributed by atoms with Crippen molar-refractivity contribution in [3.63, 3.8) is 0 Å². The first kappa shape index (κ1) is 32.5. The SMILES string of the molecule is CC(CC(=O)C(C)NC(=O)OCC1c2ccccc2-c2ccccc21)C(=O)NC(C)C(=O)CC(C)C(=O)OC(C)(C)C. The number of ether oxygens (including phenoxy) is 2. The maximum absolute atomic E-state index is 12.8. The van der Waals surface area contributed by atoms with Crippen LogP contribution in [0.2, 0.25) is 0 Å². The Kier molecular flexibility index (Phi) is 10.7. The van der Waals surface area contributed by atoms with E-state index in [1.165, 1.54) is 6.92 Å². The van der Waals surface area contributed by atoms with Gasteiger partial charge in [-0.05, 0) is 56.9 Å². The monoisotopic (exact) mass is 578 g/mol. The fourth-order valence-corrected chi connectivity index (χ4v) is 4.87. The molecule has 1 aliphatic rings. The normalized spacial score (nSPS) is 15.3. The van der Waals surface area contributed by atoms with Crippen LogP contribution in [0.15, 0.2) is 48.5 Å². The molecule has 2 aromatic rings. The van der Waals surface area contributed by atoms with Crippen molar-refractivity contribution in [2.45, 2.75) is 84.9 Å². The molecule has 2 aromatic carbocycles. The first-order valence-electron chi connectivity index (χ1n) is 14.4. The van der Waals surface area contributed by atoms with E-state index in [4.69, 9.17) is 9.47 Å². The fraction of sp³-hybridized carbons (Fsp3) is 0.485. The van der Waals surface area contributed by atoms with E-state index in [9.17, 15) is 24.0 Å². The van der Waals surface area contributed by atoms with Crippen molar-refractivity contribution >= 4 is 29.5 Å². The molecule has 0 bridgehead atoms. The standard InChI is InChI=1S/C33H42N2O7/c1-19(30(38)34-21(3)29(37)17-20(2)31(39)42-33(5,6)7)16-28(36)22(4)35-32(40)41-18-27-25-14-10-8-12-23(25)24-13-9-11-15-26(24)27/h8-15,19-22,27H,16-18H2,1-7H3,(H,34,38)(H,35,40).